The van der Waals surface area contributed by atoms with E-state index in [0.717, 1.165) is 83.9 Å². The Balaban J connectivity index is 0.00000392. The van der Waals surface area contributed by atoms with Crippen molar-refractivity contribution >= 4 is 29.9 Å². The molecule has 2 fully saturated rings. The van der Waals surface area contributed by atoms with Crippen molar-refractivity contribution in [1.82, 2.24) is 15.5 Å². The molecule has 0 aromatic carbocycles. The molecule has 1 atom stereocenters. The largest absolute Gasteiger partial charge is 0.381 e. The lowest BCUT2D eigenvalue weighted by molar-refractivity contribution is 0.0893. The molecule has 1 saturated carbocycles. The monoisotopic (exact) mass is 510 g/mol. The van der Waals surface area contributed by atoms with Crippen molar-refractivity contribution in [1.29, 1.82) is 0 Å². The third kappa shape index (κ3) is 11.2. The van der Waals surface area contributed by atoms with E-state index in [0.29, 0.717) is 5.92 Å². The highest BCUT2D eigenvalue weighted by atomic mass is 127. The van der Waals surface area contributed by atoms with Crippen molar-refractivity contribution in [2.75, 3.05) is 59.7 Å². The second kappa shape index (κ2) is 16.7. The van der Waals surface area contributed by atoms with E-state index in [1.165, 1.54) is 32.1 Å². The van der Waals surface area contributed by atoms with Gasteiger partial charge in [-0.25, -0.2) is 0 Å². The number of guanidine groups is 1. The Morgan fingerprint density at radius 3 is 2.68 bits per heavy atom. The van der Waals surface area contributed by atoms with E-state index >= 15 is 0 Å². The first-order chi connectivity index (χ1) is 13.3. The highest BCUT2D eigenvalue weighted by Crippen LogP contribution is 2.21. The van der Waals surface area contributed by atoms with Crippen LogP contribution in [0.4, 0.5) is 0 Å². The van der Waals surface area contributed by atoms with Crippen LogP contribution in [-0.4, -0.2) is 76.6 Å². The summed E-state index contributed by atoms with van der Waals surface area (Å²) in [6.07, 6.45) is 10.3. The fourth-order valence-corrected chi connectivity index (χ4v) is 3.90. The van der Waals surface area contributed by atoms with Crippen LogP contribution in [0.5, 0.6) is 0 Å². The SMILES string of the molecule is CCNC(=NCCCOCC1CCOC1)NCCCN(C)C1CCCCC1.I. The summed E-state index contributed by atoms with van der Waals surface area (Å²) in [6, 6.07) is 0.802. The predicted molar refractivity (Wildman–Crippen MR) is 128 cm³/mol. The van der Waals surface area contributed by atoms with Gasteiger partial charge in [0.25, 0.3) is 0 Å². The molecule has 1 aliphatic carbocycles. The third-order valence-electron chi connectivity index (χ3n) is 5.62. The molecule has 1 unspecified atom stereocenters. The van der Waals surface area contributed by atoms with E-state index in [1.54, 1.807) is 0 Å². The van der Waals surface area contributed by atoms with Crippen molar-refractivity contribution < 1.29 is 9.47 Å². The molecule has 1 heterocycles. The topological polar surface area (TPSA) is 58.1 Å². The zero-order chi connectivity index (χ0) is 19.2. The summed E-state index contributed by atoms with van der Waals surface area (Å²) in [5.74, 6) is 1.53. The van der Waals surface area contributed by atoms with Gasteiger partial charge in [0.15, 0.2) is 5.96 Å². The zero-order valence-electron chi connectivity index (χ0n) is 18.1. The summed E-state index contributed by atoms with van der Waals surface area (Å²) in [5, 5.41) is 6.81. The molecule has 166 valence electrons. The lowest BCUT2D eigenvalue weighted by atomic mass is 9.94. The molecule has 0 aromatic heterocycles. The molecule has 28 heavy (non-hydrogen) atoms. The van der Waals surface area contributed by atoms with E-state index in [4.69, 9.17) is 9.47 Å². The number of ether oxygens (including phenoxy) is 2. The summed E-state index contributed by atoms with van der Waals surface area (Å²) < 4.78 is 11.1. The molecule has 0 bridgehead atoms. The molecule has 2 aliphatic rings. The van der Waals surface area contributed by atoms with E-state index in [1.807, 2.05) is 0 Å². The maximum absolute atomic E-state index is 5.75. The van der Waals surface area contributed by atoms with Crippen molar-refractivity contribution in [2.45, 2.75) is 64.3 Å². The molecular weight excluding hydrogens is 467 g/mol. The minimum Gasteiger partial charge on any atom is -0.381 e. The number of halogens is 1. The van der Waals surface area contributed by atoms with Gasteiger partial charge < -0.3 is 25.0 Å². The standard InChI is InChI=1S/C21H42N4O2.HI/c1-3-22-21(24-13-8-15-26-17-19-11-16-27-18-19)23-12-7-14-25(2)20-9-5-4-6-10-20;/h19-20H,3-18H2,1-2H3,(H2,22,23,24);1H. The summed E-state index contributed by atoms with van der Waals surface area (Å²) in [6.45, 7) is 9.32. The molecule has 2 N–H and O–H groups in total. The van der Waals surface area contributed by atoms with Crippen LogP contribution in [0, 0.1) is 5.92 Å². The van der Waals surface area contributed by atoms with Gasteiger partial charge in [-0.15, -0.1) is 24.0 Å². The predicted octanol–water partition coefficient (Wildman–Crippen LogP) is 3.26. The van der Waals surface area contributed by atoms with Gasteiger partial charge in [-0.1, -0.05) is 19.3 Å². The van der Waals surface area contributed by atoms with Crippen LogP contribution in [0.25, 0.3) is 0 Å². The van der Waals surface area contributed by atoms with Crippen molar-refractivity contribution in [3.05, 3.63) is 0 Å². The van der Waals surface area contributed by atoms with E-state index in [9.17, 15) is 0 Å². The van der Waals surface area contributed by atoms with E-state index in [-0.39, 0.29) is 24.0 Å². The molecule has 0 radical (unpaired) electrons. The normalized spacial score (nSPS) is 21.0. The number of nitrogens with zero attached hydrogens (tertiary/aromatic N) is 2. The Hall–Kier alpha value is -0.120. The van der Waals surface area contributed by atoms with Gasteiger partial charge in [-0.3, -0.25) is 4.99 Å². The van der Waals surface area contributed by atoms with Crippen molar-refractivity contribution in [2.24, 2.45) is 10.9 Å². The molecule has 2 rings (SSSR count). The molecule has 1 aliphatic heterocycles. The highest BCUT2D eigenvalue weighted by molar-refractivity contribution is 14.0. The minimum absolute atomic E-state index is 0. The Morgan fingerprint density at radius 1 is 1.14 bits per heavy atom. The first-order valence-corrected chi connectivity index (χ1v) is 11.2. The third-order valence-corrected chi connectivity index (χ3v) is 5.62. The summed E-state index contributed by atoms with van der Waals surface area (Å²) >= 11 is 0. The average Bonchev–Trinajstić information content (AvgIpc) is 3.21. The van der Waals surface area contributed by atoms with Crippen LogP contribution in [-0.2, 0) is 9.47 Å². The smallest absolute Gasteiger partial charge is 0.191 e. The Bertz CT molecular complexity index is 400. The van der Waals surface area contributed by atoms with Crippen LogP contribution in [0.3, 0.4) is 0 Å². The summed E-state index contributed by atoms with van der Waals surface area (Å²) in [5.41, 5.74) is 0. The number of nitrogens with one attached hydrogen (secondary N) is 2. The van der Waals surface area contributed by atoms with Gasteiger partial charge in [-0.05, 0) is 52.6 Å². The first kappa shape index (κ1) is 25.9. The Morgan fingerprint density at radius 2 is 1.96 bits per heavy atom. The van der Waals surface area contributed by atoms with Gasteiger partial charge in [-0.2, -0.15) is 0 Å². The van der Waals surface area contributed by atoms with E-state index in [2.05, 4.69) is 34.5 Å². The molecular formula is C21H43IN4O2. The average molecular weight is 511 g/mol. The second-order valence-corrected chi connectivity index (χ2v) is 7.97. The van der Waals surface area contributed by atoms with Crippen LogP contribution >= 0.6 is 24.0 Å². The van der Waals surface area contributed by atoms with E-state index < -0.39 is 0 Å². The Kier molecular flexibility index (Phi) is 15.4. The van der Waals surface area contributed by atoms with Gasteiger partial charge >= 0.3 is 0 Å². The Labute approximate surface area is 189 Å². The van der Waals surface area contributed by atoms with Crippen molar-refractivity contribution in [3.63, 3.8) is 0 Å². The minimum atomic E-state index is 0. The number of hydrogen-bond donors (Lipinski definition) is 2. The quantitative estimate of drug-likeness (QED) is 0.183. The second-order valence-electron chi connectivity index (χ2n) is 7.97. The fraction of sp³-hybridized carbons (Fsp3) is 0.952. The summed E-state index contributed by atoms with van der Waals surface area (Å²) in [7, 11) is 2.28. The first-order valence-electron chi connectivity index (χ1n) is 11.2. The van der Waals surface area contributed by atoms with Gasteiger partial charge in [0.1, 0.15) is 0 Å². The van der Waals surface area contributed by atoms with Gasteiger partial charge in [0, 0.05) is 44.8 Å². The van der Waals surface area contributed by atoms with Crippen LogP contribution in [0.1, 0.15) is 58.3 Å². The lowest BCUT2D eigenvalue weighted by Gasteiger charge is -2.31. The number of rotatable bonds is 12. The fourth-order valence-electron chi connectivity index (χ4n) is 3.90. The highest BCUT2D eigenvalue weighted by Gasteiger charge is 2.17. The molecule has 1 saturated heterocycles. The zero-order valence-corrected chi connectivity index (χ0v) is 20.4. The van der Waals surface area contributed by atoms with Crippen LogP contribution in [0.2, 0.25) is 0 Å². The molecule has 0 spiro atoms. The maximum atomic E-state index is 5.75. The maximum Gasteiger partial charge on any atom is 0.191 e. The summed E-state index contributed by atoms with van der Waals surface area (Å²) in [4.78, 5) is 7.22. The van der Waals surface area contributed by atoms with Crippen LogP contribution < -0.4 is 10.6 Å². The lowest BCUT2D eigenvalue weighted by Crippen LogP contribution is -2.40. The number of hydrogen-bond acceptors (Lipinski definition) is 4. The van der Waals surface area contributed by atoms with Gasteiger partial charge in [0.05, 0.1) is 13.2 Å². The molecule has 0 amide bonds. The molecule has 0 aromatic rings. The molecule has 6 nitrogen and oxygen atoms in total. The molecule has 7 heteroatoms. The van der Waals surface area contributed by atoms with Crippen molar-refractivity contribution in [3.8, 4) is 0 Å². The van der Waals surface area contributed by atoms with Crippen LogP contribution in [0.15, 0.2) is 4.99 Å². The number of aliphatic imine (C=N–C) groups is 1. The van der Waals surface area contributed by atoms with Gasteiger partial charge in [0.2, 0.25) is 0 Å².